The number of hydrogen-bond donors (Lipinski definition) is 2. The molecule has 0 amide bonds. The molecule has 2 N–H and O–H groups in total. The van der Waals surface area contributed by atoms with Gasteiger partial charge in [-0.05, 0) is 37.6 Å². The van der Waals surface area contributed by atoms with E-state index < -0.39 is 11.5 Å². The second-order valence-electron chi connectivity index (χ2n) is 4.59. The van der Waals surface area contributed by atoms with Crippen molar-refractivity contribution in [2.24, 2.45) is 11.8 Å². The summed E-state index contributed by atoms with van der Waals surface area (Å²) in [6.07, 6.45) is 2.79. The molecule has 1 aliphatic rings. The zero-order chi connectivity index (χ0) is 10.8. The van der Waals surface area contributed by atoms with Crippen LogP contribution in [-0.4, -0.2) is 23.2 Å². The van der Waals surface area contributed by atoms with E-state index in [1.165, 1.54) is 0 Å². The normalized spacial score (nSPS) is 38.2. The maximum absolute atomic E-state index is 11.3. The van der Waals surface area contributed by atoms with Crippen molar-refractivity contribution in [1.82, 2.24) is 5.32 Å². The first-order valence-electron chi connectivity index (χ1n) is 5.51. The van der Waals surface area contributed by atoms with Gasteiger partial charge in [0.25, 0.3) is 0 Å². The highest BCUT2D eigenvalue weighted by Gasteiger charge is 2.45. The van der Waals surface area contributed by atoms with Crippen molar-refractivity contribution >= 4 is 5.97 Å². The largest absolute Gasteiger partial charge is 0.480 e. The van der Waals surface area contributed by atoms with Gasteiger partial charge in [-0.1, -0.05) is 20.8 Å². The summed E-state index contributed by atoms with van der Waals surface area (Å²) in [6, 6.07) is 0. The molecule has 0 bridgehead atoms. The molecule has 3 heteroatoms. The molecule has 82 valence electrons. The maximum atomic E-state index is 11.3. The van der Waals surface area contributed by atoms with Crippen LogP contribution in [0, 0.1) is 11.8 Å². The Labute approximate surface area is 85.9 Å². The van der Waals surface area contributed by atoms with E-state index in [0.717, 1.165) is 25.8 Å². The highest BCUT2D eigenvalue weighted by molar-refractivity contribution is 5.79. The number of nitrogens with one attached hydrogen (secondary N) is 1. The van der Waals surface area contributed by atoms with Crippen LogP contribution >= 0.6 is 0 Å². The van der Waals surface area contributed by atoms with E-state index in [9.17, 15) is 9.90 Å². The molecule has 1 aliphatic carbocycles. The van der Waals surface area contributed by atoms with Gasteiger partial charge in [0, 0.05) is 0 Å². The Morgan fingerprint density at radius 2 is 2.21 bits per heavy atom. The van der Waals surface area contributed by atoms with Crippen molar-refractivity contribution in [3.05, 3.63) is 0 Å². The van der Waals surface area contributed by atoms with Gasteiger partial charge in [-0.25, -0.2) is 0 Å². The molecule has 0 radical (unpaired) electrons. The van der Waals surface area contributed by atoms with Crippen molar-refractivity contribution in [2.75, 3.05) is 6.54 Å². The topological polar surface area (TPSA) is 49.3 Å². The molecule has 0 aliphatic heterocycles. The molecule has 0 aromatic carbocycles. The monoisotopic (exact) mass is 199 g/mol. The van der Waals surface area contributed by atoms with Crippen molar-refractivity contribution < 1.29 is 9.90 Å². The third-order valence-corrected chi connectivity index (χ3v) is 3.50. The Bertz CT molecular complexity index is 217. The minimum atomic E-state index is -0.682. The third-order valence-electron chi connectivity index (χ3n) is 3.50. The van der Waals surface area contributed by atoms with Crippen LogP contribution in [0.5, 0.6) is 0 Å². The van der Waals surface area contributed by atoms with Crippen LogP contribution in [-0.2, 0) is 4.79 Å². The molecular weight excluding hydrogens is 178 g/mol. The summed E-state index contributed by atoms with van der Waals surface area (Å²) in [4.78, 5) is 11.3. The highest BCUT2D eigenvalue weighted by atomic mass is 16.4. The summed E-state index contributed by atoms with van der Waals surface area (Å²) in [6.45, 7) is 6.95. The summed E-state index contributed by atoms with van der Waals surface area (Å²) >= 11 is 0. The molecule has 1 fully saturated rings. The molecule has 0 spiro atoms. The van der Waals surface area contributed by atoms with Crippen molar-refractivity contribution in [3.8, 4) is 0 Å². The quantitative estimate of drug-likeness (QED) is 0.729. The standard InChI is InChI=1S/C11H21NO2/c1-4-12-11(10(13)14)6-5-8(2)7-9(11)3/h8-9,12H,4-7H2,1-3H3,(H,13,14). The third kappa shape index (κ3) is 1.92. The average molecular weight is 199 g/mol. The van der Waals surface area contributed by atoms with Gasteiger partial charge in [0.1, 0.15) is 5.54 Å². The Balaban J connectivity index is 2.81. The number of rotatable bonds is 3. The molecule has 3 nitrogen and oxygen atoms in total. The van der Waals surface area contributed by atoms with E-state index >= 15 is 0 Å². The predicted molar refractivity (Wildman–Crippen MR) is 56.2 cm³/mol. The minimum absolute atomic E-state index is 0.226. The van der Waals surface area contributed by atoms with E-state index in [0.29, 0.717) is 5.92 Å². The van der Waals surface area contributed by atoms with Gasteiger partial charge in [-0.15, -0.1) is 0 Å². The number of carboxylic acids is 1. The first-order chi connectivity index (χ1) is 6.53. The van der Waals surface area contributed by atoms with Gasteiger partial charge in [0.2, 0.25) is 0 Å². The summed E-state index contributed by atoms with van der Waals surface area (Å²) in [7, 11) is 0. The van der Waals surface area contributed by atoms with Crippen LogP contribution < -0.4 is 5.32 Å². The molecule has 1 rings (SSSR count). The van der Waals surface area contributed by atoms with Gasteiger partial charge in [-0.3, -0.25) is 4.79 Å². The van der Waals surface area contributed by atoms with Gasteiger partial charge in [-0.2, -0.15) is 0 Å². The lowest BCUT2D eigenvalue weighted by Crippen LogP contribution is -2.58. The van der Waals surface area contributed by atoms with Crippen LogP contribution in [0.4, 0.5) is 0 Å². The van der Waals surface area contributed by atoms with Crippen LogP contribution in [0.25, 0.3) is 0 Å². The second-order valence-corrected chi connectivity index (χ2v) is 4.59. The van der Waals surface area contributed by atoms with Gasteiger partial charge >= 0.3 is 5.97 Å². The Hall–Kier alpha value is -0.570. The van der Waals surface area contributed by atoms with E-state index in [1.54, 1.807) is 0 Å². The molecular formula is C11H21NO2. The lowest BCUT2D eigenvalue weighted by Gasteiger charge is -2.41. The second kappa shape index (κ2) is 4.30. The predicted octanol–water partition coefficient (Wildman–Crippen LogP) is 1.88. The summed E-state index contributed by atoms with van der Waals surface area (Å²) in [5.74, 6) is 0.207. The van der Waals surface area contributed by atoms with Crippen LogP contribution in [0.3, 0.4) is 0 Å². The molecule has 0 heterocycles. The smallest absolute Gasteiger partial charge is 0.324 e. The van der Waals surface area contributed by atoms with Crippen molar-refractivity contribution in [1.29, 1.82) is 0 Å². The fraction of sp³-hybridized carbons (Fsp3) is 0.909. The zero-order valence-corrected chi connectivity index (χ0v) is 9.34. The van der Waals surface area contributed by atoms with E-state index in [-0.39, 0.29) is 5.92 Å². The van der Waals surface area contributed by atoms with Gasteiger partial charge < -0.3 is 10.4 Å². The highest BCUT2D eigenvalue weighted by Crippen LogP contribution is 2.36. The number of hydrogen-bond acceptors (Lipinski definition) is 2. The Kier molecular flexibility index (Phi) is 3.53. The average Bonchev–Trinajstić information content (AvgIpc) is 2.10. The van der Waals surface area contributed by atoms with Gasteiger partial charge in [0.15, 0.2) is 0 Å². The maximum Gasteiger partial charge on any atom is 0.324 e. The fourth-order valence-electron chi connectivity index (χ4n) is 2.61. The fourth-order valence-corrected chi connectivity index (χ4v) is 2.61. The number of likely N-dealkylation sites (N-methyl/N-ethyl adjacent to an activating group) is 1. The molecule has 0 saturated heterocycles. The van der Waals surface area contributed by atoms with Crippen molar-refractivity contribution in [3.63, 3.8) is 0 Å². The number of carboxylic acid groups (broad SMARTS) is 1. The molecule has 3 unspecified atom stereocenters. The lowest BCUT2D eigenvalue weighted by atomic mass is 9.70. The molecule has 3 atom stereocenters. The minimum Gasteiger partial charge on any atom is -0.480 e. The number of aliphatic carboxylic acids is 1. The van der Waals surface area contributed by atoms with Crippen molar-refractivity contribution in [2.45, 2.75) is 45.6 Å². The van der Waals surface area contributed by atoms with Crippen LogP contribution in [0.1, 0.15) is 40.0 Å². The Morgan fingerprint density at radius 1 is 1.57 bits per heavy atom. The van der Waals surface area contributed by atoms with Gasteiger partial charge in [0.05, 0.1) is 0 Å². The summed E-state index contributed by atoms with van der Waals surface area (Å²) < 4.78 is 0. The van der Waals surface area contributed by atoms with Crippen LogP contribution in [0.2, 0.25) is 0 Å². The summed E-state index contributed by atoms with van der Waals surface area (Å²) in [5, 5.41) is 12.5. The van der Waals surface area contributed by atoms with E-state index in [2.05, 4.69) is 12.2 Å². The molecule has 14 heavy (non-hydrogen) atoms. The molecule has 0 aromatic heterocycles. The SMILES string of the molecule is CCNC1(C(=O)O)CCC(C)CC1C. The van der Waals surface area contributed by atoms with E-state index in [4.69, 9.17) is 0 Å². The molecule has 1 saturated carbocycles. The van der Waals surface area contributed by atoms with Crippen LogP contribution in [0.15, 0.2) is 0 Å². The van der Waals surface area contributed by atoms with E-state index in [1.807, 2.05) is 13.8 Å². The number of carbonyl (C=O) groups is 1. The lowest BCUT2D eigenvalue weighted by molar-refractivity contribution is -0.149. The molecule has 0 aromatic rings. The zero-order valence-electron chi connectivity index (χ0n) is 9.34. The first kappa shape index (κ1) is 11.5. The summed E-state index contributed by atoms with van der Waals surface area (Å²) in [5.41, 5.74) is -0.665. The first-order valence-corrected chi connectivity index (χ1v) is 5.51. The Morgan fingerprint density at radius 3 is 2.64 bits per heavy atom.